The zero-order valence-corrected chi connectivity index (χ0v) is 15.5. The lowest BCUT2D eigenvalue weighted by Gasteiger charge is -2.17. The number of nitrogens with one attached hydrogen (secondary N) is 1. The van der Waals surface area contributed by atoms with Gasteiger partial charge in [0.05, 0.1) is 19.1 Å². The van der Waals surface area contributed by atoms with Crippen LogP contribution in [-0.2, 0) is 14.9 Å². The van der Waals surface area contributed by atoms with Gasteiger partial charge in [-0.2, -0.15) is 0 Å². The minimum Gasteiger partial charge on any atom is -0.493 e. The molecule has 1 saturated carbocycles. The monoisotopic (exact) mass is 355 g/mol. The number of carbonyl (C=O) groups is 1. The van der Waals surface area contributed by atoms with Crippen LogP contribution in [0.15, 0.2) is 42.5 Å². The molecule has 0 bridgehead atoms. The second kappa shape index (κ2) is 7.79. The maximum Gasteiger partial charge on any atom is 0.235 e. The van der Waals surface area contributed by atoms with Crippen molar-refractivity contribution in [3.05, 3.63) is 53.6 Å². The van der Waals surface area contributed by atoms with Crippen LogP contribution in [0.1, 0.15) is 24.0 Å². The van der Waals surface area contributed by atoms with E-state index >= 15 is 0 Å². The molecule has 3 rings (SSSR count). The molecule has 0 heterocycles. The van der Waals surface area contributed by atoms with Crippen molar-refractivity contribution in [2.24, 2.45) is 0 Å². The third-order valence-corrected chi connectivity index (χ3v) is 4.72. The molecule has 26 heavy (non-hydrogen) atoms. The molecule has 1 fully saturated rings. The second-order valence-electron chi connectivity index (χ2n) is 6.61. The molecule has 0 atom stereocenters. The van der Waals surface area contributed by atoms with Crippen molar-refractivity contribution in [3.8, 4) is 11.5 Å². The Morgan fingerprint density at radius 1 is 1.08 bits per heavy atom. The molecule has 2 aromatic carbocycles. The Hall–Kier alpha value is -2.53. The topological polar surface area (TPSA) is 56.8 Å². The molecule has 0 spiro atoms. The SMILES string of the molecule is COCCOc1cc(NC(=O)C2(c3cccc(C)c3)CC2)ccc1OC. The molecule has 2 aromatic rings. The number of ether oxygens (including phenoxy) is 3. The molecule has 1 aliphatic rings. The van der Waals surface area contributed by atoms with E-state index in [1.165, 1.54) is 5.56 Å². The van der Waals surface area contributed by atoms with Crippen molar-refractivity contribution in [3.63, 3.8) is 0 Å². The van der Waals surface area contributed by atoms with E-state index in [0.29, 0.717) is 30.4 Å². The molecule has 0 aliphatic heterocycles. The van der Waals surface area contributed by atoms with Crippen LogP contribution < -0.4 is 14.8 Å². The summed E-state index contributed by atoms with van der Waals surface area (Å²) in [4.78, 5) is 12.9. The number of hydrogen-bond donors (Lipinski definition) is 1. The van der Waals surface area contributed by atoms with E-state index in [-0.39, 0.29) is 5.91 Å². The molecular formula is C21H25NO4. The Bertz CT molecular complexity index is 783. The van der Waals surface area contributed by atoms with Gasteiger partial charge in [-0.1, -0.05) is 29.8 Å². The van der Waals surface area contributed by atoms with Gasteiger partial charge in [0.15, 0.2) is 11.5 Å². The average Bonchev–Trinajstić information content (AvgIpc) is 3.44. The van der Waals surface area contributed by atoms with Crippen LogP contribution in [0, 0.1) is 6.92 Å². The van der Waals surface area contributed by atoms with Gasteiger partial charge in [0.2, 0.25) is 5.91 Å². The lowest BCUT2D eigenvalue weighted by Crippen LogP contribution is -2.27. The Labute approximate surface area is 154 Å². The van der Waals surface area contributed by atoms with Crippen molar-refractivity contribution in [2.45, 2.75) is 25.2 Å². The number of aryl methyl sites for hydroxylation is 1. The van der Waals surface area contributed by atoms with Crippen molar-refractivity contribution >= 4 is 11.6 Å². The highest BCUT2D eigenvalue weighted by molar-refractivity contribution is 6.01. The Kier molecular flexibility index (Phi) is 5.47. The molecule has 0 aromatic heterocycles. The third kappa shape index (κ3) is 3.83. The average molecular weight is 355 g/mol. The highest BCUT2D eigenvalue weighted by Gasteiger charge is 2.51. The maximum atomic E-state index is 12.9. The highest BCUT2D eigenvalue weighted by Crippen LogP contribution is 2.49. The summed E-state index contributed by atoms with van der Waals surface area (Å²) in [6, 6.07) is 13.6. The lowest BCUT2D eigenvalue weighted by molar-refractivity contribution is -0.118. The molecule has 5 nitrogen and oxygen atoms in total. The first-order valence-electron chi connectivity index (χ1n) is 8.77. The van der Waals surface area contributed by atoms with Crippen molar-refractivity contribution < 1.29 is 19.0 Å². The Morgan fingerprint density at radius 3 is 2.54 bits per heavy atom. The largest absolute Gasteiger partial charge is 0.493 e. The van der Waals surface area contributed by atoms with Gasteiger partial charge in [-0.05, 0) is 37.5 Å². The molecule has 0 radical (unpaired) electrons. The fourth-order valence-corrected chi connectivity index (χ4v) is 3.07. The van der Waals surface area contributed by atoms with Gasteiger partial charge < -0.3 is 19.5 Å². The van der Waals surface area contributed by atoms with E-state index in [1.54, 1.807) is 26.4 Å². The van der Waals surface area contributed by atoms with Gasteiger partial charge in [0.25, 0.3) is 0 Å². The van der Waals surface area contributed by atoms with E-state index in [4.69, 9.17) is 14.2 Å². The zero-order chi connectivity index (χ0) is 18.6. The van der Waals surface area contributed by atoms with Crippen LogP contribution in [0.4, 0.5) is 5.69 Å². The first-order valence-corrected chi connectivity index (χ1v) is 8.77. The van der Waals surface area contributed by atoms with Crippen molar-refractivity contribution in [2.75, 3.05) is 32.8 Å². The number of anilines is 1. The number of methoxy groups -OCH3 is 2. The van der Waals surface area contributed by atoms with Crippen LogP contribution in [0.5, 0.6) is 11.5 Å². The van der Waals surface area contributed by atoms with Crippen LogP contribution in [0.3, 0.4) is 0 Å². The normalized spacial score (nSPS) is 14.6. The quantitative estimate of drug-likeness (QED) is 0.734. The molecule has 5 heteroatoms. The van der Waals surface area contributed by atoms with Gasteiger partial charge in [-0.25, -0.2) is 0 Å². The number of amides is 1. The zero-order valence-electron chi connectivity index (χ0n) is 15.5. The summed E-state index contributed by atoms with van der Waals surface area (Å²) in [5, 5.41) is 3.04. The van der Waals surface area contributed by atoms with Gasteiger partial charge in [0.1, 0.15) is 6.61 Å². The summed E-state index contributed by atoms with van der Waals surface area (Å²) in [5.74, 6) is 1.23. The Balaban J connectivity index is 1.76. The number of rotatable bonds is 8. The molecule has 1 aliphatic carbocycles. The summed E-state index contributed by atoms with van der Waals surface area (Å²) in [6.07, 6.45) is 1.74. The number of benzene rings is 2. The first-order chi connectivity index (χ1) is 12.6. The fourth-order valence-electron chi connectivity index (χ4n) is 3.07. The van der Waals surface area contributed by atoms with E-state index in [1.807, 2.05) is 31.2 Å². The highest BCUT2D eigenvalue weighted by atomic mass is 16.5. The van der Waals surface area contributed by atoms with Crippen LogP contribution in [0.25, 0.3) is 0 Å². The predicted octanol–water partition coefficient (Wildman–Crippen LogP) is 3.70. The summed E-state index contributed by atoms with van der Waals surface area (Å²) < 4.78 is 16.0. The molecule has 138 valence electrons. The first kappa shape index (κ1) is 18.3. The van der Waals surface area contributed by atoms with Crippen LogP contribution in [0.2, 0.25) is 0 Å². The van der Waals surface area contributed by atoms with E-state index in [2.05, 4.69) is 11.4 Å². The van der Waals surface area contributed by atoms with E-state index in [9.17, 15) is 4.79 Å². The van der Waals surface area contributed by atoms with Gasteiger partial charge in [0, 0.05) is 18.9 Å². The summed E-state index contributed by atoms with van der Waals surface area (Å²) in [7, 11) is 3.21. The predicted molar refractivity (Wildman–Crippen MR) is 101 cm³/mol. The molecule has 0 saturated heterocycles. The van der Waals surface area contributed by atoms with Crippen molar-refractivity contribution in [1.29, 1.82) is 0 Å². The summed E-state index contributed by atoms with van der Waals surface area (Å²) in [6.45, 7) is 2.94. The summed E-state index contributed by atoms with van der Waals surface area (Å²) >= 11 is 0. The molecule has 1 amide bonds. The second-order valence-corrected chi connectivity index (χ2v) is 6.61. The minimum absolute atomic E-state index is 0.0242. The smallest absolute Gasteiger partial charge is 0.235 e. The van der Waals surface area contributed by atoms with Gasteiger partial charge in [-0.15, -0.1) is 0 Å². The molecule has 1 N–H and O–H groups in total. The molecular weight excluding hydrogens is 330 g/mol. The number of carbonyl (C=O) groups excluding carboxylic acids is 1. The van der Waals surface area contributed by atoms with E-state index in [0.717, 1.165) is 18.4 Å². The lowest BCUT2D eigenvalue weighted by atomic mass is 9.93. The fraction of sp³-hybridized carbons (Fsp3) is 0.381. The molecule has 0 unspecified atom stereocenters. The van der Waals surface area contributed by atoms with Crippen molar-refractivity contribution in [1.82, 2.24) is 0 Å². The third-order valence-electron chi connectivity index (χ3n) is 4.72. The number of hydrogen-bond acceptors (Lipinski definition) is 4. The maximum absolute atomic E-state index is 12.9. The van der Waals surface area contributed by atoms with Gasteiger partial charge in [-0.3, -0.25) is 4.79 Å². The minimum atomic E-state index is -0.414. The van der Waals surface area contributed by atoms with Gasteiger partial charge >= 0.3 is 0 Å². The standard InChI is InChI=1S/C21H25NO4/c1-15-5-4-6-16(13-15)21(9-10-21)20(23)22-17-7-8-18(25-3)19(14-17)26-12-11-24-2/h4-8,13-14H,9-12H2,1-3H3,(H,22,23). The summed E-state index contributed by atoms with van der Waals surface area (Å²) in [5.41, 5.74) is 2.53. The van der Waals surface area contributed by atoms with E-state index < -0.39 is 5.41 Å². The van der Waals surface area contributed by atoms with Crippen LogP contribution in [-0.4, -0.2) is 33.3 Å². The Morgan fingerprint density at radius 2 is 1.88 bits per heavy atom. The van der Waals surface area contributed by atoms with Crippen LogP contribution >= 0.6 is 0 Å².